The summed E-state index contributed by atoms with van der Waals surface area (Å²) < 4.78 is 5.12. The highest BCUT2D eigenvalue weighted by Gasteiger charge is 2.41. The molecule has 1 rings (SSSR count). The van der Waals surface area contributed by atoms with E-state index in [1.54, 1.807) is 0 Å². The number of aliphatic hydroxyl groups excluding tert-OH is 2. The first-order valence-electron chi connectivity index (χ1n) is 3.34. The second-order valence-corrected chi connectivity index (χ2v) is 3.12. The van der Waals surface area contributed by atoms with E-state index in [0.717, 1.165) is 0 Å². The fourth-order valence-corrected chi connectivity index (χ4v) is 1.59. The van der Waals surface area contributed by atoms with Crippen LogP contribution in [0, 0.1) is 0 Å². The van der Waals surface area contributed by atoms with Crippen LogP contribution in [0.5, 0.6) is 0 Å². The summed E-state index contributed by atoms with van der Waals surface area (Å²) in [6.45, 7) is 0. The van der Waals surface area contributed by atoms with Gasteiger partial charge < -0.3 is 14.9 Å². The molecule has 0 aliphatic carbocycles. The highest BCUT2D eigenvalue weighted by atomic mass is 35.5. The largest absolute Gasteiger partial charge is 0.388 e. The molecule has 0 aromatic carbocycles. The van der Waals surface area contributed by atoms with E-state index in [4.69, 9.17) is 27.9 Å². The maximum Gasteiger partial charge on any atom is 0.110 e. The Morgan fingerprint density at radius 2 is 1.36 bits per heavy atom. The number of rotatable bonds is 2. The van der Waals surface area contributed by atoms with Crippen molar-refractivity contribution in [1.82, 2.24) is 0 Å². The van der Waals surface area contributed by atoms with E-state index in [1.807, 2.05) is 0 Å². The van der Waals surface area contributed by atoms with Crippen molar-refractivity contribution in [2.75, 3.05) is 11.8 Å². The number of ether oxygens (including phenoxy) is 1. The number of aliphatic hydroxyl groups is 2. The second-order valence-electron chi connectivity index (χ2n) is 2.50. The van der Waals surface area contributed by atoms with E-state index in [2.05, 4.69) is 0 Å². The molecule has 0 spiro atoms. The molecule has 11 heavy (non-hydrogen) atoms. The lowest BCUT2D eigenvalue weighted by Crippen LogP contribution is -2.33. The summed E-state index contributed by atoms with van der Waals surface area (Å²) >= 11 is 10.9. The van der Waals surface area contributed by atoms with Crippen LogP contribution in [0.1, 0.15) is 0 Å². The number of hydrogen-bond acceptors (Lipinski definition) is 3. The minimum Gasteiger partial charge on any atom is -0.388 e. The first-order valence-corrected chi connectivity index (χ1v) is 4.41. The van der Waals surface area contributed by atoms with Gasteiger partial charge in [0, 0.05) is 0 Å². The summed E-state index contributed by atoms with van der Waals surface area (Å²) in [7, 11) is 0. The third-order valence-corrected chi connectivity index (χ3v) is 2.37. The molecule has 4 atom stereocenters. The average Bonchev–Trinajstić information content (AvgIpc) is 2.30. The van der Waals surface area contributed by atoms with Gasteiger partial charge in [-0.25, -0.2) is 0 Å². The topological polar surface area (TPSA) is 49.7 Å². The summed E-state index contributed by atoms with van der Waals surface area (Å²) in [5, 5.41) is 18.5. The van der Waals surface area contributed by atoms with Gasteiger partial charge >= 0.3 is 0 Å². The molecule has 3 nitrogen and oxygen atoms in total. The van der Waals surface area contributed by atoms with Gasteiger partial charge in [-0.3, -0.25) is 0 Å². The van der Waals surface area contributed by atoms with Crippen LogP contribution in [0.25, 0.3) is 0 Å². The Balaban J connectivity index is 2.53. The van der Waals surface area contributed by atoms with Crippen molar-refractivity contribution in [3.63, 3.8) is 0 Å². The van der Waals surface area contributed by atoms with E-state index < -0.39 is 24.4 Å². The quantitative estimate of drug-likeness (QED) is 0.616. The Bertz CT molecular complexity index is 115. The molecule has 1 aliphatic heterocycles. The number of halogens is 2. The highest BCUT2D eigenvalue weighted by Crippen LogP contribution is 2.22. The van der Waals surface area contributed by atoms with Crippen LogP contribution < -0.4 is 0 Å². The van der Waals surface area contributed by atoms with Crippen molar-refractivity contribution in [1.29, 1.82) is 0 Å². The Kier molecular flexibility index (Phi) is 3.40. The SMILES string of the molecule is OC1C(CCl)OC(CCl)C1O. The predicted octanol–water partition coefficient (Wildman–Crippen LogP) is -0.0468. The first-order chi connectivity index (χ1) is 5.20. The van der Waals surface area contributed by atoms with Crippen molar-refractivity contribution in [3.05, 3.63) is 0 Å². The maximum atomic E-state index is 9.24. The first kappa shape index (κ1) is 9.55. The molecule has 1 saturated heterocycles. The van der Waals surface area contributed by atoms with Crippen LogP contribution in [0.15, 0.2) is 0 Å². The molecule has 0 radical (unpaired) electrons. The fourth-order valence-electron chi connectivity index (χ4n) is 1.08. The van der Waals surface area contributed by atoms with Crippen LogP contribution in [-0.2, 0) is 4.74 Å². The fraction of sp³-hybridized carbons (Fsp3) is 1.00. The summed E-state index contributed by atoms with van der Waals surface area (Å²) in [5.41, 5.74) is 0. The summed E-state index contributed by atoms with van der Waals surface area (Å²) in [4.78, 5) is 0. The third-order valence-electron chi connectivity index (χ3n) is 1.77. The zero-order valence-corrected chi connectivity index (χ0v) is 7.29. The van der Waals surface area contributed by atoms with E-state index in [1.165, 1.54) is 0 Å². The van der Waals surface area contributed by atoms with Crippen LogP contribution in [-0.4, -0.2) is 46.4 Å². The zero-order chi connectivity index (χ0) is 8.43. The number of hydrogen-bond donors (Lipinski definition) is 2. The summed E-state index contributed by atoms with van der Waals surface area (Å²) in [6.07, 6.45) is -2.79. The van der Waals surface area contributed by atoms with Gasteiger partial charge in [-0.2, -0.15) is 0 Å². The van der Waals surface area contributed by atoms with Crippen LogP contribution in [0.4, 0.5) is 0 Å². The van der Waals surface area contributed by atoms with Gasteiger partial charge in [0.2, 0.25) is 0 Å². The molecule has 1 aliphatic rings. The lowest BCUT2D eigenvalue weighted by molar-refractivity contribution is 0.0318. The molecule has 5 heteroatoms. The molecule has 1 heterocycles. The molecule has 4 unspecified atom stereocenters. The van der Waals surface area contributed by atoms with Gasteiger partial charge in [0.1, 0.15) is 24.4 Å². The van der Waals surface area contributed by atoms with E-state index in [0.29, 0.717) is 0 Å². The molecule has 0 bridgehead atoms. The molecule has 2 N–H and O–H groups in total. The standard InChI is InChI=1S/C6H10Cl2O3/c7-1-3-5(9)6(10)4(2-8)11-3/h3-6,9-10H,1-2H2. The third kappa shape index (κ3) is 1.79. The van der Waals surface area contributed by atoms with Gasteiger partial charge in [0.05, 0.1) is 11.8 Å². The molecule has 0 aromatic rings. The Hall–Kier alpha value is 0.460. The van der Waals surface area contributed by atoms with Gasteiger partial charge in [-0.1, -0.05) is 0 Å². The second kappa shape index (κ2) is 3.92. The monoisotopic (exact) mass is 200 g/mol. The Labute approximate surface area is 74.9 Å². The lowest BCUT2D eigenvalue weighted by Gasteiger charge is -2.10. The molecular weight excluding hydrogens is 191 g/mol. The van der Waals surface area contributed by atoms with Crippen LogP contribution in [0.3, 0.4) is 0 Å². The van der Waals surface area contributed by atoms with Gasteiger partial charge in [-0.15, -0.1) is 23.2 Å². The van der Waals surface area contributed by atoms with Crippen molar-refractivity contribution in [2.24, 2.45) is 0 Å². The summed E-state index contributed by atoms with van der Waals surface area (Å²) in [5.74, 6) is 0.344. The smallest absolute Gasteiger partial charge is 0.110 e. The molecular formula is C6H10Cl2O3. The van der Waals surface area contributed by atoms with E-state index >= 15 is 0 Å². The Morgan fingerprint density at radius 3 is 1.55 bits per heavy atom. The van der Waals surface area contributed by atoms with Crippen molar-refractivity contribution < 1.29 is 14.9 Å². The van der Waals surface area contributed by atoms with Crippen LogP contribution >= 0.6 is 23.2 Å². The zero-order valence-electron chi connectivity index (χ0n) is 5.78. The predicted molar refractivity (Wildman–Crippen MR) is 42.1 cm³/mol. The maximum absolute atomic E-state index is 9.24. The lowest BCUT2D eigenvalue weighted by atomic mass is 10.1. The van der Waals surface area contributed by atoms with E-state index in [9.17, 15) is 10.2 Å². The van der Waals surface area contributed by atoms with E-state index in [-0.39, 0.29) is 11.8 Å². The van der Waals surface area contributed by atoms with Gasteiger partial charge in [-0.05, 0) is 0 Å². The van der Waals surface area contributed by atoms with Crippen molar-refractivity contribution in [3.8, 4) is 0 Å². The number of alkyl halides is 2. The normalized spacial score (nSPS) is 44.7. The average molecular weight is 201 g/mol. The molecule has 0 aromatic heterocycles. The molecule has 66 valence electrons. The van der Waals surface area contributed by atoms with Crippen molar-refractivity contribution in [2.45, 2.75) is 24.4 Å². The molecule has 0 amide bonds. The summed E-state index contributed by atoms with van der Waals surface area (Å²) in [6, 6.07) is 0. The minimum absolute atomic E-state index is 0.172. The van der Waals surface area contributed by atoms with Gasteiger partial charge in [0.25, 0.3) is 0 Å². The highest BCUT2D eigenvalue weighted by molar-refractivity contribution is 6.18. The Morgan fingerprint density at radius 1 is 1.00 bits per heavy atom. The van der Waals surface area contributed by atoms with Gasteiger partial charge in [0.15, 0.2) is 0 Å². The molecule has 1 fully saturated rings. The minimum atomic E-state index is -0.906. The van der Waals surface area contributed by atoms with Crippen molar-refractivity contribution >= 4 is 23.2 Å². The van der Waals surface area contributed by atoms with Crippen LogP contribution in [0.2, 0.25) is 0 Å². The molecule has 0 saturated carbocycles.